The van der Waals surface area contributed by atoms with Gasteiger partial charge in [-0.25, -0.2) is 15.8 Å². The Morgan fingerprint density at radius 3 is 2.73 bits per heavy atom. The summed E-state index contributed by atoms with van der Waals surface area (Å²) < 4.78 is 0. The van der Waals surface area contributed by atoms with Crippen molar-refractivity contribution < 1.29 is 0 Å². The molecule has 7 nitrogen and oxygen atoms in total. The van der Waals surface area contributed by atoms with Gasteiger partial charge in [-0.15, -0.1) is 0 Å². The largest absolute Gasteiger partial charge is 0.353 e. The molecule has 84 valence electrons. The van der Waals surface area contributed by atoms with Crippen LogP contribution in [0.5, 0.6) is 0 Å². The Morgan fingerprint density at radius 2 is 2.27 bits per heavy atom. The average Bonchev–Trinajstić information content (AvgIpc) is 2.68. The first kappa shape index (κ1) is 11.4. The van der Waals surface area contributed by atoms with Crippen LogP contribution in [-0.2, 0) is 0 Å². The van der Waals surface area contributed by atoms with Crippen molar-refractivity contribution >= 4 is 5.96 Å². The third-order valence-corrected chi connectivity index (χ3v) is 1.71. The van der Waals surface area contributed by atoms with Crippen LogP contribution in [0.2, 0.25) is 0 Å². The molecule has 0 saturated heterocycles. The molecule has 0 fully saturated rings. The van der Waals surface area contributed by atoms with E-state index in [9.17, 15) is 0 Å². The fourth-order valence-electron chi connectivity index (χ4n) is 1.06. The van der Waals surface area contributed by atoms with E-state index in [1.807, 2.05) is 20.8 Å². The highest BCUT2D eigenvalue weighted by Gasteiger charge is 2.08. The number of aliphatic imine (C=N–C) groups is 1. The monoisotopic (exact) mass is 211 g/mol. The van der Waals surface area contributed by atoms with Crippen LogP contribution in [0.1, 0.15) is 32.6 Å². The molecule has 1 atom stereocenters. The van der Waals surface area contributed by atoms with Gasteiger partial charge in [0, 0.05) is 6.04 Å². The zero-order valence-electron chi connectivity index (χ0n) is 9.15. The van der Waals surface area contributed by atoms with Crippen LogP contribution in [0.25, 0.3) is 0 Å². The highest BCUT2D eigenvalue weighted by Crippen LogP contribution is 2.09. The number of nitrogens with zero attached hydrogens (tertiary/aromatic N) is 3. The summed E-state index contributed by atoms with van der Waals surface area (Å²) in [6, 6.07) is 0.145. The van der Waals surface area contributed by atoms with Gasteiger partial charge in [-0.1, -0.05) is 0 Å². The summed E-state index contributed by atoms with van der Waals surface area (Å²) in [7, 11) is 0. The van der Waals surface area contributed by atoms with Gasteiger partial charge in [-0.2, -0.15) is 5.10 Å². The second kappa shape index (κ2) is 5.30. The Labute approximate surface area is 88.5 Å². The van der Waals surface area contributed by atoms with Gasteiger partial charge in [-0.05, 0) is 20.8 Å². The minimum Gasteiger partial charge on any atom is -0.353 e. The van der Waals surface area contributed by atoms with Crippen LogP contribution in [0, 0.1) is 0 Å². The molecule has 1 heterocycles. The van der Waals surface area contributed by atoms with Gasteiger partial charge >= 0.3 is 0 Å². The summed E-state index contributed by atoms with van der Waals surface area (Å²) >= 11 is 0. The van der Waals surface area contributed by atoms with Crippen LogP contribution >= 0.6 is 0 Å². The molecule has 0 bridgehead atoms. The van der Waals surface area contributed by atoms with Crippen molar-refractivity contribution in [2.45, 2.75) is 32.9 Å². The molecule has 0 aliphatic heterocycles. The van der Waals surface area contributed by atoms with Crippen molar-refractivity contribution in [3.05, 3.63) is 12.2 Å². The number of aromatic nitrogens is 3. The molecule has 5 N–H and O–H groups in total. The van der Waals surface area contributed by atoms with Crippen LogP contribution in [0.15, 0.2) is 11.3 Å². The molecule has 1 aromatic rings. The quantitative estimate of drug-likeness (QED) is 0.237. The molecule has 0 amide bonds. The smallest absolute Gasteiger partial charge is 0.206 e. The van der Waals surface area contributed by atoms with Crippen molar-refractivity contribution in [3.8, 4) is 0 Å². The Bertz CT molecular complexity index is 303. The van der Waals surface area contributed by atoms with E-state index in [1.165, 1.54) is 6.33 Å². The summed E-state index contributed by atoms with van der Waals surface area (Å²) in [6.07, 6.45) is 1.45. The van der Waals surface area contributed by atoms with Gasteiger partial charge in [0.2, 0.25) is 5.96 Å². The number of hydrazine groups is 1. The van der Waals surface area contributed by atoms with Gasteiger partial charge in [0.1, 0.15) is 18.2 Å². The zero-order valence-corrected chi connectivity index (χ0v) is 9.15. The van der Waals surface area contributed by atoms with E-state index in [4.69, 9.17) is 5.84 Å². The molecular formula is C8H17N7. The van der Waals surface area contributed by atoms with E-state index in [0.29, 0.717) is 11.8 Å². The van der Waals surface area contributed by atoms with Crippen molar-refractivity contribution in [1.29, 1.82) is 0 Å². The first-order valence-corrected chi connectivity index (χ1v) is 4.79. The number of nitrogens with one attached hydrogen (secondary N) is 3. The third kappa shape index (κ3) is 3.55. The summed E-state index contributed by atoms with van der Waals surface area (Å²) in [5, 5.41) is 9.59. The lowest BCUT2D eigenvalue weighted by molar-refractivity contribution is 0.676. The minimum absolute atomic E-state index is 0.121. The zero-order chi connectivity index (χ0) is 11.3. The predicted octanol–water partition coefficient (Wildman–Crippen LogP) is -0.317. The summed E-state index contributed by atoms with van der Waals surface area (Å²) in [5.74, 6) is 6.57. The standard InChI is InChI=1S/C8H17N7/c1-5(2)12-8(14-9)13-6(3)7-10-4-11-15-7/h4-6H,9H2,1-3H3,(H,10,11,15)(H2,12,13,14). The number of H-pyrrole nitrogens is 1. The molecule has 0 aromatic carbocycles. The van der Waals surface area contributed by atoms with Gasteiger partial charge in [0.25, 0.3) is 0 Å². The predicted molar refractivity (Wildman–Crippen MR) is 57.8 cm³/mol. The van der Waals surface area contributed by atoms with Crippen molar-refractivity contribution in [2.75, 3.05) is 0 Å². The number of guanidine groups is 1. The molecule has 15 heavy (non-hydrogen) atoms. The fraction of sp³-hybridized carbons (Fsp3) is 0.625. The SMILES string of the molecule is CC(C)NC(=NC(C)c1ncn[nH]1)NN. The van der Waals surface area contributed by atoms with E-state index >= 15 is 0 Å². The molecule has 0 aliphatic carbocycles. The van der Waals surface area contributed by atoms with E-state index in [2.05, 4.69) is 30.9 Å². The Balaban J connectivity index is 2.66. The average molecular weight is 211 g/mol. The number of rotatable bonds is 3. The van der Waals surface area contributed by atoms with Gasteiger partial charge in [0.15, 0.2) is 0 Å². The lowest BCUT2D eigenvalue weighted by Crippen LogP contribution is -2.44. The van der Waals surface area contributed by atoms with Gasteiger partial charge in [0.05, 0.1) is 0 Å². The van der Waals surface area contributed by atoms with Crippen molar-refractivity contribution in [1.82, 2.24) is 25.9 Å². The Morgan fingerprint density at radius 1 is 1.53 bits per heavy atom. The minimum atomic E-state index is -0.121. The molecule has 7 heteroatoms. The van der Waals surface area contributed by atoms with E-state index in [-0.39, 0.29) is 12.1 Å². The molecule has 0 aliphatic rings. The maximum absolute atomic E-state index is 5.33. The number of nitrogens with two attached hydrogens (primary N) is 1. The maximum atomic E-state index is 5.33. The molecule has 1 unspecified atom stereocenters. The second-order valence-corrected chi connectivity index (χ2v) is 3.47. The molecule has 1 aromatic heterocycles. The number of aromatic amines is 1. The van der Waals surface area contributed by atoms with Crippen LogP contribution < -0.4 is 16.6 Å². The number of hydrogen-bond donors (Lipinski definition) is 4. The van der Waals surface area contributed by atoms with Gasteiger partial charge in [-0.3, -0.25) is 10.5 Å². The Kier molecular flexibility index (Phi) is 4.04. The van der Waals surface area contributed by atoms with E-state index in [0.717, 1.165) is 0 Å². The first-order valence-electron chi connectivity index (χ1n) is 4.79. The second-order valence-electron chi connectivity index (χ2n) is 3.47. The van der Waals surface area contributed by atoms with Crippen LogP contribution in [-0.4, -0.2) is 27.2 Å². The number of hydrogen-bond acceptors (Lipinski definition) is 4. The molecule has 0 spiro atoms. The maximum Gasteiger partial charge on any atom is 0.206 e. The lowest BCUT2D eigenvalue weighted by Gasteiger charge is -2.13. The van der Waals surface area contributed by atoms with Crippen molar-refractivity contribution in [2.24, 2.45) is 10.8 Å². The van der Waals surface area contributed by atoms with Crippen LogP contribution in [0.3, 0.4) is 0 Å². The highest BCUT2D eigenvalue weighted by molar-refractivity contribution is 5.79. The molecule has 1 rings (SSSR count). The first-order chi connectivity index (χ1) is 7.13. The summed E-state index contributed by atoms with van der Waals surface area (Å²) in [5.41, 5.74) is 2.50. The van der Waals surface area contributed by atoms with E-state index < -0.39 is 0 Å². The van der Waals surface area contributed by atoms with Gasteiger partial charge < -0.3 is 5.32 Å². The Hall–Kier alpha value is -1.63. The molecule has 0 saturated carbocycles. The highest BCUT2D eigenvalue weighted by atomic mass is 15.3. The van der Waals surface area contributed by atoms with Crippen LogP contribution in [0.4, 0.5) is 0 Å². The summed E-state index contributed by atoms with van der Waals surface area (Å²) in [6.45, 7) is 5.91. The molecular weight excluding hydrogens is 194 g/mol. The third-order valence-electron chi connectivity index (χ3n) is 1.71. The lowest BCUT2D eigenvalue weighted by atomic mass is 10.3. The topological polar surface area (TPSA) is 104 Å². The van der Waals surface area contributed by atoms with E-state index in [1.54, 1.807) is 0 Å². The summed E-state index contributed by atoms with van der Waals surface area (Å²) in [4.78, 5) is 8.33. The normalized spacial score (nSPS) is 14.1. The molecule has 0 radical (unpaired) electrons. The fourth-order valence-corrected chi connectivity index (χ4v) is 1.06. The van der Waals surface area contributed by atoms with Crippen molar-refractivity contribution in [3.63, 3.8) is 0 Å².